The van der Waals surface area contributed by atoms with E-state index in [1.165, 1.54) is 0 Å². The Bertz CT molecular complexity index is 454. The van der Waals surface area contributed by atoms with Crippen molar-refractivity contribution in [3.63, 3.8) is 0 Å². The number of sulfonamides is 1. The van der Waals surface area contributed by atoms with E-state index in [0.29, 0.717) is 23.9 Å². The highest BCUT2D eigenvalue weighted by molar-refractivity contribution is 7.92. The normalized spacial score (nSPS) is 11.8. The van der Waals surface area contributed by atoms with Crippen molar-refractivity contribution in [2.45, 2.75) is 26.7 Å². The molecular weight excluding hydrogens is 270 g/mol. The van der Waals surface area contributed by atoms with Crippen LogP contribution in [0.1, 0.15) is 25.8 Å². The third-order valence-electron chi connectivity index (χ3n) is 2.57. The van der Waals surface area contributed by atoms with Gasteiger partial charge in [0.15, 0.2) is 0 Å². The molecular formula is C13H20ClNO2S. The van der Waals surface area contributed by atoms with Crippen molar-refractivity contribution in [3.8, 4) is 0 Å². The highest BCUT2D eigenvalue weighted by Gasteiger charge is 2.11. The first-order chi connectivity index (χ1) is 8.43. The lowest BCUT2D eigenvalue weighted by atomic mass is 10.2. The molecule has 1 N–H and O–H groups in total. The number of nitrogens with one attached hydrogen (secondary N) is 1. The van der Waals surface area contributed by atoms with Crippen molar-refractivity contribution in [3.05, 3.63) is 29.8 Å². The van der Waals surface area contributed by atoms with Gasteiger partial charge in [-0.15, -0.1) is 11.6 Å². The van der Waals surface area contributed by atoms with Gasteiger partial charge < -0.3 is 0 Å². The summed E-state index contributed by atoms with van der Waals surface area (Å²) < 4.78 is 26.1. The number of hydrogen-bond donors (Lipinski definition) is 1. The van der Waals surface area contributed by atoms with Gasteiger partial charge in [-0.2, -0.15) is 0 Å². The van der Waals surface area contributed by atoms with E-state index in [4.69, 9.17) is 11.6 Å². The highest BCUT2D eigenvalue weighted by Crippen LogP contribution is 2.13. The fourth-order valence-electron chi connectivity index (χ4n) is 1.47. The number of hydrogen-bond acceptors (Lipinski definition) is 2. The maximum Gasteiger partial charge on any atom is 0.232 e. The van der Waals surface area contributed by atoms with Crippen LogP contribution in [-0.2, 0) is 16.4 Å². The summed E-state index contributed by atoms with van der Waals surface area (Å²) in [6, 6.07) is 7.33. The maximum atomic E-state index is 11.8. The SMILES string of the molecule is CC(C)CCS(=O)(=O)Nc1ccc(CCCl)cc1. The quantitative estimate of drug-likeness (QED) is 0.783. The first kappa shape index (κ1) is 15.3. The topological polar surface area (TPSA) is 46.2 Å². The molecule has 0 heterocycles. The number of alkyl halides is 1. The van der Waals surface area contributed by atoms with Gasteiger partial charge in [-0.05, 0) is 36.5 Å². The van der Waals surface area contributed by atoms with Crippen LogP contribution in [0, 0.1) is 5.92 Å². The molecule has 0 atom stereocenters. The Morgan fingerprint density at radius 2 is 1.83 bits per heavy atom. The fraction of sp³-hybridized carbons (Fsp3) is 0.538. The average Bonchev–Trinajstić information content (AvgIpc) is 2.29. The number of anilines is 1. The Kier molecular flexibility index (Phi) is 5.96. The number of benzene rings is 1. The predicted octanol–water partition coefficient (Wildman–Crippen LogP) is 3.26. The van der Waals surface area contributed by atoms with E-state index in [2.05, 4.69) is 4.72 Å². The van der Waals surface area contributed by atoms with Crippen LogP contribution in [0.4, 0.5) is 5.69 Å². The van der Waals surface area contributed by atoms with Crippen LogP contribution in [0.5, 0.6) is 0 Å². The van der Waals surface area contributed by atoms with E-state index < -0.39 is 10.0 Å². The van der Waals surface area contributed by atoms with Crippen LogP contribution in [0.25, 0.3) is 0 Å². The summed E-state index contributed by atoms with van der Waals surface area (Å²) in [5.74, 6) is 1.11. The van der Waals surface area contributed by atoms with Crippen LogP contribution in [0.3, 0.4) is 0 Å². The van der Waals surface area contributed by atoms with Gasteiger partial charge >= 0.3 is 0 Å². The number of rotatable bonds is 7. The zero-order chi connectivity index (χ0) is 13.6. The van der Waals surface area contributed by atoms with Crippen LogP contribution in [0.2, 0.25) is 0 Å². The molecule has 18 heavy (non-hydrogen) atoms. The van der Waals surface area contributed by atoms with Gasteiger partial charge in [0.25, 0.3) is 0 Å². The summed E-state index contributed by atoms with van der Waals surface area (Å²) in [6.45, 7) is 4.02. The highest BCUT2D eigenvalue weighted by atomic mass is 35.5. The smallest absolute Gasteiger partial charge is 0.232 e. The van der Waals surface area contributed by atoms with Crippen molar-refractivity contribution in [1.82, 2.24) is 0 Å². The third kappa shape index (κ3) is 5.74. The Morgan fingerprint density at radius 3 is 2.33 bits per heavy atom. The second kappa shape index (κ2) is 7.00. The summed E-state index contributed by atoms with van der Waals surface area (Å²) in [5, 5.41) is 0. The minimum absolute atomic E-state index is 0.161. The minimum atomic E-state index is -3.23. The molecule has 1 aromatic carbocycles. The summed E-state index contributed by atoms with van der Waals surface area (Å²) in [6.07, 6.45) is 1.46. The van der Waals surface area contributed by atoms with Gasteiger partial charge in [-0.25, -0.2) is 8.42 Å². The molecule has 1 rings (SSSR count). The second-order valence-electron chi connectivity index (χ2n) is 4.74. The monoisotopic (exact) mass is 289 g/mol. The summed E-state index contributed by atoms with van der Waals surface area (Å²) in [5.41, 5.74) is 1.72. The van der Waals surface area contributed by atoms with E-state index in [0.717, 1.165) is 12.0 Å². The molecule has 1 aromatic rings. The second-order valence-corrected chi connectivity index (χ2v) is 6.96. The van der Waals surface area contributed by atoms with Gasteiger partial charge in [0.1, 0.15) is 0 Å². The Labute approximate surface area is 115 Å². The lowest BCUT2D eigenvalue weighted by Crippen LogP contribution is -2.17. The number of halogens is 1. The standard InChI is InChI=1S/C13H20ClNO2S/c1-11(2)8-10-18(16,17)15-13-5-3-12(4-6-13)7-9-14/h3-6,11,15H,7-10H2,1-2H3. The summed E-state index contributed by atoms with van der Waals surface area (Å²) in [7, 11) is -3.23. The van der Waals surface area contributed by atoms with Crippen molar-refractivity contribution >= 4 is 27.3 Å². The Morgan fingerprint density at radius 1 is 1.22 bits per heavy atom. The van der Waals surface area contributed by atoms with Crippen molar-refractivity contribution in [2.75, 3.05) is 16.4 Å². The fourth-order valence-corrected chi connectivity index (χ4v) is 3.07. The molecule has 0 saturated carbocycles. The molecule has 0 unspecified atom stereocenters. The van der Waals surface area contributed by atoms with Crippen molar-refractivity contribution in [1.29, 1.82) is 0 Å². The predicted molar refractivity (Wildman–Crippen MR) is 77.7 cm³/mol. The molecule has 0 fully saturated rings. The Hall–Kier alpha value is -0.740. The summed E-state index contributed by atoms with van der Waals surface area (Å²) >= 11 is 5.64. The lowest BCUT2D eigenvalue weighted by molar-refractivity contribution is 0.578. The van der Waals surface area contributed by atoms with Gasteiger partial charge in [0, 0.05) is 11.6 Å². The van der Waals surface area contributed by atoms with E-state index in [-0.39, 0.29) is 5.75 Å². The maximum absolute atomic E-state index is 11.8. The largest absolute Gasteiger partial charge is 0.284 e. The van der Waals surface area contributed by atoms with Crippen LogP contribution in [0.15, 0.2) is 24.3 Å². The third-order valence-corrected chi connectivity index (χ3v) is 4.08. The van der Waals surface area contributed by atoms with Gasteiger partial charge in [0.2, 0.25) is 10.0 Å². The van der Waals surface area contributed by atoms with Gasteiger partial charge in [0.05, 0.1) is 5.75 Å². The van der Waals surface area contributed by atoms with Gasteiger partial charge in [-0.1, -0.05) is 26.0 Å². The first-order valence-electron chi connectivity index (χ1n) is 6.08. The molecule has 0 aromatic heterocycles. The number of aryl methyl sites for hydroxylation is 1. The molecule has 0 aliphatic rings. The average molecular weight is 290 g/mol. The van der Waals surface area contributed by atoms with Crippen molar-refractivity contribution < 1.29 is 8.42 Å². The van der Waals surface area contributed by atoms with Crippen LogP contribution in [-0.4, -0.2) is 20.1 Å². The zero-order valence-corrected chi connectivity index (χ0v) is 12.4. The lowest BCUT2D eigenvalue weighted by Gasteiger charge is -2.09. The van der Waals surface area contributed by atoms with Crippen LogP contribution >= 0.6 is 11.6 Å². The molecule has 0 amide bonds. The minimum Gasteiger partial charge on any atom is -0.284 e. The van der Waals surface area contributed by atoms with E-state index >= 15 is 0 Å². The molecule has 5 heteroatoms. The first-order valence-corrected chi connectivity index (χ1v) is 8.27. The molecule has 102 valence electrons. The van der Waals surface area contributed by atoms with E-state index in [1.54, 1.807) is 12.1 Å². The molecule has 0 aliphatic carbocycles. The molecule has 0 saturated heterocycles. The zero-order valence-electron chi connectivity index (χ0n) is 10.8. The van der Waals surface area contributed by atoms with Crippen LogP contribution < -0.4 is 4.72 Å². The van der Waals surface area contributed by atoms with Crippen molar-refractivity contribution in [2.24, 2.45) is 5.92 Å². The van der Waals surface area contributed by atoms with E-state index in [9.17, 15) is 8.42 Å². The molecule has 0 radical (unpaired) electrons. The Balaban J connectivity index is 2.61. The summed E-state index contributed by atoms with van der Waals surface area (Å²) in [4.78, 5) is 0. The molecule has 0 bridgehead atoms. The molecule has 3 nitrogen and oxygen atoms in total. The van der Waals surface area contributed by atoms with E-state index in [1.807, 2.05) is 26.0 Å². The molecule has 0 spiro atoms. The van der Waals surface area contributed by atoms with Gasteiger partial charge in [-0.3, -0.25) is 4.72 Å². The molecule has 0 aliphatic heterocycles.